The fourth-order valence-corrected chi connectivity index (χ4v) is 3.48. The molecule has 1 saturated heterocycles. The number of aromatic nitrogens is 3. The molecule has 0 saturated carbocycles. The molecule has 1 aliphatic rings. The van der Waals surface area contributed by atoms with Crippen LogP contribution >= 0.6 is 22.6 Å². The lowest BCUT2D eigenvalue weighted by molar-refractivity contribution is -0.173. The van der Waals surface area contributed by atoms with Crippen LogP contribution in [0.5, 0.6) is 0 Å². The van der Waals surface area contributed by atoms with Gasteiger partial charge in [0, 0.05) is 0 Å². The van der Waals surface area contributed by atoms with E-state index in [1.54, 1.807) is 0 Å². The lowest BCUT2D eigenvalue weighted by Gasteiger charge is -2.40. The van der Waals surface area contributed by atoms with Crippen LogP contribution in [0.3, 0.4) is 0 Å². The molecule has 0 spiro atoms. The van der Waals surface area contributed by atoms with Crippen molar-refractivity contribution in [2.75, 3.05) is 6.61 Å². The Morgan fingerprint density at radius 2 is 2.00 bits per heavy atom. The summed E-state index contributed by atoms with van der Waals surface area (Å²) < 4.78 is 11.1. The summed E-state index contributed by atoms with van der Waals surface area (Å²) in [6.07, 6.45) is -1.88. The molecule has 26 heavy (non-hydrogen) atoms. The van der Waals surface area contributed by atoms with Crippen LogP contribution in [0.1, 0.15) is 22.1 Å². The standard InChI is InChI=1S/C16H18IN3O6/c17-15-14(23)12(13(22)11(7-21)26-15)20-6-10(18-19-20)16(24)25-8-9-4-2-1-3-5-9/h1-6,11-15,21-23H,7-8H2/t11?,12?,13-,14?,15+/m0/s1. The summed E-state index contributed by atoms with van der Waals surface area (Å²) in [5.41, 5.74) is 0.791. The number of hydrogen-bond acceptors (Lipinski definition) is 8. The average Bonchev–Trinajstić information content (AvgIpc) is 3.13. The third kappa shape index (κ3) is 4.04. The molecule has 2 heterocycles. The molecule has 9 nitrogen and oxygen atoms in total. The van der Waals surface area contributed by atoms with Crippen molar-refractivity contribution in [3.8, 4) is 0 Å². The lowest BCUT2D eigenvalue weighted by Crippen LogP contribution is -2.54. The number of ether oxygens (including phenoxy) is 2. The smallest absolute Gasteiger partial charge is 0.360 e. The summed E-state index contributed by atoms with van der Waals surface area (Å²) >= 11 is 1.87. The number of carbonyl (C=O) groups is 1. The van der Waals surface area contributed by atoms with Gasteiger partial charge >= 0.3 is 5.97 Å². The Kier molecular flexibility index (Phi) is 6.19. The minimum atomic E-state index is -1.21. The van der Waals surface area contributed by atoms with Crippen LogP contribution in [0.25, 0.3) is 0 Å². The zero-order valence-electron chi connectivity index (χ0n) is 13.6. The first-order valence-electron chi connectivity index (χ1n) is 7.90. The van der Waals surface area contributed by atoms with Gasteiger partial charge in [-0.2, -0.15) is 0 Å². The molecular formula is C16H18IN3O6. The first-order chi connectivity index (χ1) is 12.5. The third-order valence-electron chi connectivity index (χ3n) is 4.07. The first kappa shape index (κ1) is 19.2. The number of esters is 1. The van der Waals surface area contributed by atoms with E-state index in [0.29, 0.717) is 0 Å². The second kappa shape index (κ2) is 8.39. The van der Waals surface area contributed by atoms with E-state index in [1.165, 1.54) is 10.9 Å². The molecular weight excluding hydrogens is 457 g/mol. The van der Waals surface area contributed by atoms with E-state index < -0.39 is 41.0 Å². The van der Waals surface area contributed by atoms with Crippen LogP contribution in [0.2, 0.25) is 0 Å². The Bertz CT molecular complexity index is 743. The number of nitrogens with zero attached hydrogens (tertiary/aromatic N) is 3. The van der Waals surface area contributed by atoms with Crippen LogP contribution in [0.15, 0.2) is 36.5 Å². The highest BCUT2D eigenvalue weighted by Gasteiger charge is 2.45. The van der Waals surface area contributed by atoms with Gasteiger partial charge in [-0.1, -0.05) is 35.5 Å². The molecule has 0 radical (unpaired) electrons. The van der Waals surface area contributed by atoms with Crippen LogP contribution in [0.4, 0.5) is 0 Å². The summed E-state index contributed by atoms with van der Waals surface area (Å²) in [5.74, 6) is -0.666. The van der Waals surface area contributed by atoms with Gasteiger partial charge in [0.1, 0.15) is 35.1 Å². The highest BCUT2D eigenvalue weighted by Crippen LogP contribution is 2.32. The second-order valence-electron chi connectivity index (χ2n) is 5.83. The zero-order valence-corrected chi connectivity index (χ0v) is 15.7. The average molecular weight is 475 g/mol. The van der Waals surface area contributed by atoms with Crippen molar-refractivity contribution in [3.63, 3.8) is 0 Å². The van der Waals surface area contributed by atoms with Gasteiger partial charge in [0.25, 0.3) is 0 Å². The monoisotopic (exact) mass is 475 g/mol. The maximum atomic E-state index is 12.1. The Morgan fingerprint density at radius 1 is 1.27 bits per heavy atom. The summed E-state index contributed by atoms with van der Waals surface area (Å²) in [6, 6.07) is 8.28. The quantitative estimate of drug-likeness (QED) is 0.315. The maximum absolute atomic E-state index is 12.1. The number of aliphatic hydroxyl groups excluding tert-OH is 3. The van der Waals surface area contributed by atoms with Gasteiger partial charge in [-0.15, -0.1) is 5.10 Å². The van der Waals surface area contributed by atoms with Crippen LogP contribution < -0.4 is 0 Å². The third-order valence-corrected chi connectivity index (χ3v) is 5.10. The fourth-order valence-electron chi connectivity index (χ4n) is 2.68. The number of benzene rings is 1. The van der Waals surface area contributed by atoms with E-state index in [-0.39, 0.29) is 12.3 Å². The molecule has 140 valence electrons. The largest absolute Gasteiger partial charge is 0.456 e. The SMILES string of the molecule is O=C(OCc1ccccc1)c1cn(C2C(O)[C@H](I)OC(CO)[C@@H]2O)nn1. The number of rotatable bonds is 5. The molecule has 5 atom stereocenters. The van der Waals surface area contributed by atoms with E-state index in [2.05, 4.69) is 10.3 Å². The van der Waals surface area contributed by atoms with Gasteiger partial charge in [-0.05, 0) is 28.2 Å². The molecule has 0 amide bonds. The van der Waals surface area contributed by atoms with Gasteiger partial charge in [0.15, 0.2) is 5.69 Å². The maximum Gasteiger partial charge on any atom is 0.360 e. The van der Waals surface area contributed by atoms with Crippen molar-refractivity contribution in [2.24, 2.45) is 0 Å². The van der Waals surface area contributed by atoms with Gasteiger partial charge in [0.2, 0.25) is 0 Å². The summed E-state index contributed by atoms with van der Waals surface area (Å²) in [6.45, 7) is -0.317. The molecule has 10 heteroatoms. The molecule has 1 aromatic heterocycles. The minimum absolute atomic E-state index is 0.0441. The minimum Gasteiger partial charge on any atom is -0.456 e. The van der Waals surface area contributed by atoms with Gasteiger partial charge in [-0.3, -0.25) is 0 Å². The number of halogens is 1. The Morgan fingerprint density at radius 3 is 2.69 bits per heavy atom. The molecule has 3 N–H and O–H groups in total. The van der Waals surface area contributed by atoms with E-state index in [1.807, 2.05) is 52.9 Å². The molecule has 1 aliphatic heterocycles. The van der Waals surface area contributed by atoms with Crippen molar-refractivity contribution < 1.29 is 29.6 Å². The number of hydrogen-bond donors (Lipinski definition) is 3. The highest BCUT2D eigenvalue weighted by molar-refractivity contribution is 14.1. The van der Waals surface area contributed by atoms with Gasteiger partial charge < -0.3 is 24.8 Å². The topological polar surface area (TPSA) is 127 Å². The number of carbonyl (C=O) groups excluding carboxylic acids is 1. The van der Waals surface area contributed by atoms with Crippen LogP contribution in [-0.4, -0.2) is 65.3 Å². The fraction of sp³-hybridized carbons (Fsp3) is 0.438. The number of alkyl halides is 1. The number of aliphatic hydroxyl groups is 3. The highest BCUT2D eigenvalue weighted by atomic mass is 127. The zero-order chi connectivity index (χ0) is 18.7. The van der Waals surface area contributed by atoms with E-state index in [0.717, 1.165) is 5.56 Å². The summed E-state index contributed by atoms with van der Waals surface area (Å²) in [4.78, 5) is 12.1. The van der Waals surface area contributed by atoms with Crippen LogP contribution in [-0.2, 0) is 16.1 Å². The summed E-state index contributed by atoms with van der Waals surface area (Å²) in [5, 5.41) is 37.5. The molecule has 1 fully saturated rings. The molecule has 1 aromatic carbocycles. The Balaban J connectivity index is 1.70. The van der Waals surface area contributed by atoms with Crippen molar-refractivity contribution in [1.82, 2.24) is 15.0 Å². The Labute approximate surface area is 162 Å². The van der Waals surface area contributed by atoms with Crippen LogP contribution in [0, 0.1) is 0 Å². The molecule has 3 unspecified atom stereocenters. The first-order valence-corrected chi connectivity index (χ1v) is 9.15. The molecule has 0 bridgehead atoms. The summed E-state index contributed by atoms with van der Waals surface area (Å²) in [7, 11) is 0. The van der Waals surface area contributed by atoms with E-state index in [4.69, 9.17) is 9.47 Å². The van der Waals surface area contributed by atoms with Crippen molar-refractivity contribution >= 4 is 28.6 Å². The van der Waals surface area contributed by atoms with Crippen molar-refractivity contribution in [1.29, 1.82) is 0 Å². The van der Waals surface area contributed by atoms with E-state index in [9.17, 15) is 20.1 Å². The predicted octanol–water partition coefficient (Wildman–Crippen LogP) is 0.0502. The van der Waals surface area contributed by atoms with Gasteiger partial charge in [-0.25, -0.2) is 9.48 Å². The van der Waals surface area contributed by atoms with Crippen molar-refractivity contribution in [2.45, 2.75) is 35.1 Å². The molecule has 2 aromatic rings. The Hall–Kier alpha value is -1.60. The van der Waals surface area contributed by atoms with Crippen molar-refractivity contribution in [3.05, 3.63) is 47.8 Å². The normalized spacial score (nSPS) is 28.7. The molecule has 0 aliphatic carbocycles. The van der Waals surface area contributed by atoms with Gasteiger partial charge in [0.05, 0.1) is 12.8 Å². The molecule has 3 rings (SSSR count). The lowest BCUT2D eigenvalue weighted by atomic mass is 9.98. The predicted molar refractivity (Wildman–Crippen MR) is 96.4 cm³/mol. The second-order valence-corrected chi connectivity index (χ2v) is 7.05. The van der Waals surface area contributed by atoms with E-state index >= 15 is 0 Å².